The third-order valence-electron chi connectivity index (χ3n) is 3.21. The number of fused-ring (bicyclic) bond motifs is 1. The van der Waals surface area contributed by atoms with Crippen molar-refractivity contribution < 1.29 is 14.7 Å². The molecule has 4 nitrogen and oxygen atoms in total. The Morgan fingerprint density at radius 2 is 1.80 bits per heavy atom. The van der Waals surface area contributed by atoms with Gasteiger partial charge in [0.15, 0.2) is 0 Å². The Kier molecular flexibility index (Phi) is 4.35. The quantitative estimate of drug-likeness (QED) is 0.909. The Bertz CT molecular complexity index is 631. The number of benzene rings is 2. The summed E-state index contributed by atoms with van der Waals surface area (Å²) in [5.41, 5.74) is 0.834. The van der Waals surface area contributed by atoms with Gasteiger partial charge in [-0.15, -0.1) is 0 Å². The highest BCUT2D eigenvalue weighted by Crippen LogP contribution is 2.27. The lowest BCUT2D eigenvalue weighted by Crippen LogP contribution is -2.30. The SMILES string of the molecule is CC(=O)N(CCCC(=O)O)c1cccc2ccccc12. The Balaban J connectivity index is 2.32. The van der Waals surface area contributed by atoms with Gasteiger partial charge in [-0.25, -0.2) is 0 Å². The first-order valence-corrected chi connectivity index (χ1v) is 6.57. The number of aliphatic carboxylic acids is 1. The molecule has 0 saturated heterocycles. The molecule has 1 amide bonds. The number of nitrogens with zero attached hydrogens (tertiary/aromatic N) is 1. The van der Waals surface area contributed by atoms with Crippen LogP contribution in [0.25, 0.3) is 10.8 Å². The third-order valence-corrected chi connectivity index (χ3v) is 3.21. The summed E-state index contributed by atoms with van der Waals surface area (Å²) in [5, 5.41) is 10.8. The average Bonchev–Trinajstić information content (AvgIpc) is 2.42. The Morgan fingerprint density at radius 1 is 1.10 bits per heavy atom. The minimum Gasteiger partial charge on any atom is -0.481 e. The molecule has 2 aromatic carbocycles. The lowest BCUT2D eigenvalue weighted by Gasteiger charge is -2.22. The van der Waals surface area contributed by atoms with Gasteiger partial charge in [-0.05, 0) is 17.9 Å². The fourth-order valence-corrected chi connectivity index (χ4v) is 2.28. The first-order valence-electron chi connectivity index (χ1n) is 6.57. The summed E-state index contributed by atoms with van der Waals surface area (Å²) in [6.45, 7) is 1.91. The van der Waals surface area contributed by atoms with Gasteiger partial charge in [0, 0.05) is 25.3 Å². The van der Waals surface area contributed by atoms with E-state index < -0.39 is 5.97 Å². The summed E-state index contributed by atoms with van der Waals surface area (Å²) < 4.78 is 0. The van der Waals surface area contributed by atoms with Gasteiger partial charge < -0.3 is 10.0 Å². The second kappa shape index (κ2) is 6.19. The fourth-order valence-electron chi connectivity index (χ4n) is 2.28. The molecule has 0 saturated carbocycles. The van der Waals surface area contributed by atoms with E-state index in [0.717, 1.165) is 16.5 Å². The van der Waals surface area contributed by atoms with E-state index >= 15 is 0 Å². The van der Waals surface area contributed by atoms with E-state index in [1.165, 1.54) is 6.92 Å². The van der Waals surface area contributed by atoms with Crippen molar-refractivity contribution in [3.8, 4) is 0 Å². The molecule has 0 aliphatic heterocycles. The monoisotopic (exact) mass is 271 g/mol. The zero-order valence-corrected chi connectivity index (χ0v) is 11.4. The number of rotatable bonds is 5. The summed E-state index contributed by atoms with van der Waals surface area (Å²) in [6.07, 6.45) is 0.507. The number of carboxylic acids is 1. The molecule has 0 radical (unpaired) electrons. The third kappa shape index (κ3) is 3.15. The van der Waals surface area contributed by atoms with Gasteiger partial charge in [-0.2, -0.15) is 0 Å². The van der Waals surface area contributed by atoms with E-state index in [1.54, 1.807) is 4.90 Å². The van der Waals surface area contributed by atoms with Gasteiger partial charge in [0.25, 0.3) is 0 Å². The lowest BCUT2D eigenvalue weighted by molar-refractivity contribution is -0.137. The molecule has 0 aliphatic carbocycles. The molecule has 104 valence electrons. The molecule has 2 rings (SSSR count). The number of carbonyl (C=O) groups is 2. The molecule has 0 aromatic heterocycles. The summed E-state index contributed by atoms with van der Waals surface area (Å²) in [4.78, 5) is 24.1. The van der Waals surface area contributed by atoms with Crippen molar-refractivity contribution in [2.24, 2.45) is 0 Å². The molecule has 4 heteroatoms. The predicted octanol–water partition coefficient (Wildman–Crippen LogP) is 3.06. The smallest absolute Gasteiger partial charge is 0.303 e. The van der Waals surface area contributed by atoms with Crippen molar-refractivity contribution in [2.75, 3.05) is 11.4 Å². The molecule has 0 spiro atoms. The maximum atomic E-state index is 11.8. The zero-order valence-electron chi connectivity index (χ0n) is 11.4. The van der Waals surface area contributed by atoms with E-state index in [9.17, 15) is 9.59 Å². The molecule has 0 heterocycles. The van der Waals surface area contributed by atoms with Crippen molar-refractivity contribution in [1.29, 1.82) is 0 Å². The van der Waals surface area contributed by atoms with Crippen LogP contribution in [0.3, 0.4) is 0 Å². The standard InChI is InChI=1S/C16H17NO3/c1-12(18)17(11-5-10-16(19)20)15-9-4-7-13-6-2-3-8-14(13)15/h2-4,6-9H,5,10-11H2,1H3,(H,19,20). The van der Waals surface area contributed by atoms with E-state index in [2.05, 4.69) is 0 Å². The number of carboxylic acid groups (broad SMARTS) is 1. The van der Waals surface area contributed by atoms with E-state index in [1.807, 2.05) is 42.5 Å². The van der Waals surface area contributed by atoms with Crippen molar-refractivity contribution in [2.45, 2.75) is 19.8 Å². The summed E-state index contributed by atoms with van der Waals surface area (Å²) in [5.74, 6) is -0.918. The van der Waals surface area contributed by atoms with Crippen LogP contribution in [0.5, 0.6) is 0 Å². The molecule has 1 N–H and O–H groups in total. The number of hydrogen-bond donors (Lipinski definition) is 1. The molecular weight excluding hydrogens is 254 g/mol. The molecule has 0 atom stereocenters. The summed E-state index contributed by atoms with van der Waals surface area (Å²) in [6, 6.07) is 13.6. The Hall–Kier alpha value is -2.36. The second-order valence-electron chi connectivity index (χ2n) is 4.67. The maximum Gasteiger partial charge on any atom is 0.303 e. The molecule has 0 unspecified atom stereocenters. The van der Waals surface area contributed by atoms with E-state index in [0.29, 0.717) is 13.0 Å². The predicted molar refractivity (Wildman–Crippen MR) is 78.8 cm³/mol. The van der Waals surface area contributed by atoms with Crippen LogP contribution in [0.15, 0.2) is 42.5 Å². The first-order chi connectivity index (χ1) is 9.59. The average molecular weight is 271 g/mol. The molecule has 0 bridgehead atoms. The number of anilines is 1. The highest BCUT2D eigenvalue weighted by molar-refractivity contribution is 6.02. The van der Waals surface area contributed by atoms with Gasteiger partial charge in [-0.1, -0.05) is 36.4 Å². The van der Waals surface area contributed by atoms with E-state index in [4.69, 9.17) is 5.11 Å². The van der Waals surface area contributed by atoms with Crippen LogP contribution >= 0.6 is 0 Å². The zero-order chi connectivity index (χ0) is 14.5. The summed E-state index contributed by atoms with van der Waals surface area (Å²) >= 11 is 0. The van der Waals surface area contributed by atoms with Crippen LogP contribution < -0.4 is 4.90 Å². The van der Waals surface area contributed by atoms with Crippen LogP contribution in [0, 0.1) is 0 Å². The summed E-state index contributed by atoms with van der Waals surface area (Å²) in [7, 11) is 0. The maximum absolute atomic E-state index is 11.8. The normalized spacial score (nSPS) is 10.4. The Morgan fingerprint density at radius 3 is 2.50 bits per heavy atom. The molecule has 20 heavy (non-hydrogen) atoms. The van der Waals surface area contributed by atoms with Crippen molar-refractivity contribution in [1.82, 2.24) is 0 Å². The van der Waals surface area contributed by atoms with E-state index in [-0.39, 0.29) is 12.3 Å². The topological polar surface area (TPSA) is 57.6 Å². The number of hydrogen-bond acceptors (Lipinski definition) is 2. The highest BCUT2D eigenvalue weighted by Gasteiger charge is 2.14. The van der Waals surface area contributed by atoms with Crippen LogP contribution in [0.4, 0.5) is 5.69 Å². The van der Waals surface area contributed by atoms with Gasteiger partial charge in [-0.3, -0.25) is 9.59 Å². The number of amides is 1. The molecule has 0 fully saturated rings. The molecule has 2 aromatic rings. The van der Waals surface area contributed by atoms with Gasteiger partial charge in [0.05, 0.1) is 5.69 Å². The Labute approximate surface area is 117 Å². The van der Waals surface area contributed by atoms with Gasteiger partial charge in [0.1, 0.15) is 0 Å². The van der Waals surface area contributed by atoms with Crippen LogP contribution in [0.1, 0.15) is 19.8 Å². The minimum atomic E-state index is -0.841. The lowest BCUT2D eigenvalue weighted by atomic mass is 10.1. The van der Waals surface area contributed by atoms with Crippen LogP contribution in [-0.4, -0.2) is 23.5 Å². The molecule has 0 aliphatic rings. The van der Waals surface area contributed by atoms with Crippen molar-refractivity contribution in [3.63, 3.8) is 0 Å². The first kappa shape index (κ1) is 14.1. The van der Waals surface area contributed by atoms with Crippen LogP contribution in [-0.2, 0) is 9.59 Å². The number of carbonyl (C=O) groups excluding carboxylic acids is 1. The van der Waals surface area contributed by atoms with Crippen molar-refractivity contribution >= 4 is 28.3 Å². The van der Waals surface area contributed by atoms with Crippen LogP contribution in [0.2, 0.25) is 0 Å². The largest absolute Gasteiger partial charge is 0.481 e. The fraction of sp³-hybridized carbons (Fsp3) is 0.250. The van der Waals surface area contributed by atoms with Gasteiger partial charge >= 0.3 is 5.97 Å². The molecular formula is C16H17NO3. The van der Waals surface area contributed by atoms with Gasteiger partial charge in [0.2, 0.25) is 5.91 Å². The highest BCUT2D eigenvalue weighted by atomic mass is 16.4. The second-order valence-corrected chi connectivity index (χ2v) is 4.67. The van der Waals surface area contributed by atoms with Crippen molar-refractivity contribution in [3.05, 3.63) is 42.5 Å². The minimum absolute atomic E-state index is 0.0640.